The first kappa shape index (κ1) is 25.1. The van der Waals surface area contributed by atoms with E-state index >= 15 is 0 Å². The number of amides is 1. The van der Waals surface area contributed by atoms with Gasteiger partial charge in [-0.15, -0.1) is 0 Å². The van der Waals surface area contributed by atoms with Crippen LogP contribution in [0.1, 0.15) is 55.3 Å². The van der Waals surface area contributed by atoms with E-state index in [0.717, 1.165) is 24.0 Å². The topological polar surface area (TPSA) is 126 Å². The van der Waals surface area contributed by atoms with Gasteiger partial charge < -0.3 is 30.6 Å². The zero-order valence-electron chi connectivity index (χ0n) is 19.4. The van der Waals surface area contributed by atoms with Crippen LogP contribution in [0.3, 0.4) is 0 Å². The standard InChI is InChI=1S/C25H35N3O5/c1-25(2,26-14-23(32)20-8-9-22(31)21(16-29)27-20)13-18-6-3-5-17(11-18)12-24(33)28-10-4-7-19(30)15-28/h3,5-6,8-9,11,19,23,26,29-32H,4,7,10,12-16H2,1-2H3/t19-,23?/m1/s1. The minimum Gasteiger partial charge on any atom is -0.506 e. The number of benzene rings is 1. The molecule has 33 heavy (non-hydrogen) atoms. The Morgan fingerprint density at radius 2 is 2.03 bits per heavy atom. The van der Waals surface area contributed by atoms with Crippen LogP contribution < -0.4 is 5.32 Å². The highest BCUT2D eigenvalue weighted by molar-refractivity contribution is 5.79. The number of hydrogen-bond acceptors (Lipinski definition) is 7. The molecule has 1 aliphatic heterocycles. The summed E-state index contributed by atoms with van der Waals surface area (Å²) >= 11 is 0. The number of β-amino-alcohol motifs (C(OH)–C–C–N with tert-alkyl or cyclic N) is 2. The smallest absolute Gasteiger partial charge is 0.227 e. The second-order valence-electron chi connectivity index (χ2n) is 9.45. The summed E-state index contributed by atoms with van der Waals surface area (Å²) in [5.74, 6) is -0.0633. The molecule has 1 aliphatic rings. The fourth-order valence-electron chi connectivity index (χ4n) is 4.18. The van der Waals surface area contributed by atoms with Gasteiger partial charge in [0, 0.05) is 25.2 Å². The number of nitrogens with one attached hydrogen (secondary N) is 1. The van der Waals surface area contributed by atoms with Crippen LogP contribution >= 0.6 is 0 Å². The van der Waals surface area contributed by atoms with E-state index in [0.29, 0.717) is 31.6 Å². The molecule has 2 aromatic rings. The normalized spacial score (nSPS) is 17.7. The van der Waals surface area contributed by atoms with Crippen LogP contribution in [0.4, 0.5) is 0 Å². The van der Waals surface area contributed by atoms with Gasteiger partial charge in [-0.3, -0.25) is 4.79 Å². The Labute approximate surface area is 194 Å². The van der Waals surface area contributed by atoms with Crippen molar-refractivity contribution in [1.29, 1.82) is 0 Å². The summed E-state index contributed by atoms with van der Waals surface area (Å²) < 4.78 is 0. The number of carbonyl (C=O) groups excluding carboxylic acids is 1. The molecular weight excluding hydrogens is 422 g/mol. The summed E-state index contributed by atoms with van der Waals surface area (Å²) in [5.41, 5.74) is 2.20. The average molecular weight is 458 g/mol. The third-order valence-electron chi connectivity index (χ3n) is 5.98. The van der Waals surface area contributed by atoms with Gasteiger partial charge in [0.1, 0.15) is 17.5 Å². The number of aromatic hydroxyl groups is 1. The molecule has 0 spiro atoms. The zero-order chi connectivity index (χ0) is 24.0. The lowest BCUT2D eigenvalue weighted by atomic mass is 9.93. The van der Waals surface area contributed by atoms with Crippen LogP contribution in [-0.4, -0.2) is 67.5 Å². The van der Waals surface area contributed by atoms with Crippen LogP contribution in [0.25, 0.3) is 0 Å². The number of piperidine rings is 1. The first-order valence-corrected chi connectivity index (χ1v) is 11.4. The van der Waals surface area contributed by atoms with E-state index in [-0.39, 0.29) is 29.4 Å². The summed E-state index contributed by atoms with van der Waals surface area (Å²) in [6.07, 6.45) is 1.27. The number of aromatic nitrogens is 1. The third kappa shape index (κ3) is 7.23. The fourth-order valence-corrected chi connectivity index (χ4v) is 4.18. The van der Waals surface area contributed by atoms with E-state index in [1.54, 1.807) is 4.90 Å². The molecule has 8 nitrogen and oxygen atoms in total. The van der Waals surface area contributed by atoms with Crippen molar-refractivity contribution in [3.8, 4) is 5.75 Å². The molecule has 5 N–H and O–H groups in total. The summed E-state index contributed by atoms with van der Waals surface area (Å²) in [6.45, 7) is 5.04. The van der Waals surface area contributed by atoms with Crippen LogP contribution in [0.15, 0.2) is 36.4 Å². The number of rotatable bonds is 9. The van der Waals surface area contributed by atoms with Gasteiger partial charge in [0.15, 0.2) is 0 Å². The fraction of sp³-hybridized carbons (Fsp3) is 0.520. The van der Waals surface area contributed by atoms with Gasteiger partial charge in [-0.25, -0.2) is 4.98 Å². The van der Waals surface area contributed by atoms with Crippen molar-refractivity contribution in [2.75, 3.05) is 19.6 Å². The van der Waals surface area contributed by atoms with Crippen molar-refractivity contribution < 1.29 is 25.2 Å². The molecule has 2 heterocycles. The molecule has 8 heteroatoms. The first-order valence-electron chi connectivity index (χ1n) is 11.4. The van der Waals surface area contributed by atoms with Gasteiger partial charge in [0.05, 0.1) is 24.8 Å². The summed E-state index contributed by atoms with van der Waals surface area (Å²) in [7, 11) is 0. The summed E-state index contributed by atoms with van der Waals surface area (Å²) in [5, 5.41) is 42.6. The second-order valence-corrected chi connectivity index (χ2v) is 9.45. The molecule has 0 bridgehead atoms. The molecular formula is C25H35N3O5. The molecule has 1 unspecified atom stereocenters. The van der Waals surface area contributed by atoms with Crippen molar-refractivity contribution in [3.63, 3.8) is 0 Å². The molecule has 1 amide bonds. The molecule has 0 saturated carbocycles. The van der Waals surface area contributed by atoms with Gasteiger partial charge >= 0.3 is 0 Å². The van der Waals surface area contributed by atoms with E-state index in [4.69, 9.17) is 0 Å². The summed E-state index contributed by atoms with van der Waals surface area (Å²) in [6, 6.07) is 10.9. The third-order valence-corrected chi connectivity index (χ3v) is 5.98. The molecule has 0 aliphatic carbocycles. The van der Waals surface area contributed by atoms with Crippen molar-refractivity contribution >= 4 is 5.91 Å². The first-order chi connectivity index (χ1) is 15.7. The Balaban J connectivity index is 1.56. The lowest BCUT2D eigenvalue weighted by Gasteiger charge is -2.30. The molecule has 2 atom stereocenters. The largest absolute Gasteiger partial charge is 0.506 e. The van der Waals surface area contributed by atoms with Crippen molar-refractivity contribution in [3.05, 3.63) is 58.9 Å². The highest BCUT2D eigenvalue weighted by Gasteiger charge is 2.23. The van der Waals surface area contributed by atoms with Crippen molar-refractivity contribution in [2.45, 2.75) is 63.9 Å². The molecule has 1 aromatic heterocycles. The number of aliphatic hydroxyl groups excluding tert-OH is 3. The molecule has 1 fully saturated rings. The highest BCUT2D eigenvalue weighted by atomic mass is 16.3. The predicted octanol–water partition coefficient (Wildman–Crippen LogP) is 1.45. The monoisotopic (exact) mass is 457 g/mol. The highest BCUT2D eigenvalue weighted by Crippen LogP contribution is 2.20. The van der Waals surface area contributed by atoms with E-state index < -0.39 is 18.8 Å². The summed E-state index contributed by atoms with van der Waals surface area (Å²) in [4.78, 5) is 18.5. The minimum atomic E-state index is -0.890. The second kappa shape index (κ2) is 11.1. The number of hydrogen-bond donors (Lipinski definition) is 5. The van der Waals surface area contributed by atoms with Crippen LogP contribution in [-0.2, 0) is 24.2 Å². The Morgan fingerprint density at radius 3 is 2.76 bits per heavy atom. The quantitative estimate of drug-likeness (QED) is 0.386. The lowest BCUT2D eigenvalue weighted by molar-refractivity contribution is -0.133. The van der Waals surface area contributed by atoms with E-state index in [9.17, 15) is 25.2 Å². The minimum absolute atomic E-state index is 0.0371. The number of carbonyl (C=O) groups is 1. The number of nitrogens with zero attached hydrogens (tertiary/aromatic N) is 2. The van der Waals surface area contributed by atoms with Crippen LogP contribution in [0.2, 0.25) is 0 Å². The maximum Gasteiger partial charge on any atom is 0.227 e. The van der Waals surface area contributed by atoms with Crippen molar-refractivity contribution in [2.24, 2.45) is 0 Å². The van der Waals surface area contributed by atoms with Gasteiger partial charge in [0.25, 0.3) is 0 Å². The molecule has 0 radical (unpaired) electrons. The number of pyridine rings is 1. The average Bonchev–Trinajstić information content (AvgIpc) is 2.78. The van der Waals surface area contributed by atoms with Gasteiger partial charge in [0.2, 0.25) is 5.91 Å². The molecule has 3 rings (SSSR count). The maximum atomic E-state index is 12.6. The Kier molecular flexibility index (Phi) is 8.42. The molecule has 180 valence electrons. The van der Waals surface area contributed by atoms with E-state index in [2.05, 4.69) is 10.3 Å². The van der Waals surface area contributed by atoms with Crippen LogP contribution in [0, 0.1) is 0 Å². The lowest BCUT2D eigenvalue weighted by Crippen LogP contribution is -2.43. The SMILES string of the molecule is CC(C)(Cc1cccc(CC(=O)N2CCC[C@@H](O)C2)c1)NCC(O)c1ccc(O)c(CO)n1. The Hall–Kier alpha value is -2.52. The maximum absolute atomic E-state index is 12.6. The zero-order valence-corrected chi connectivity index (χ0v) is 19.4. The Bertz CT molecular complexity index is 949. The number of likely N-dealkylation sites (tertiary alicyclic amines) is 1. The van der Waals surface area contributed by atoms with Gasteiger partial charge in [-0.2, -0.15) is 0 Å². The van der Waals surface area contributed by atoms with Gasteiger partial charge in [-0.1, -0.05) is 24.3 Å². The molecule has 1 aromatic carbocycles. The van der Waals surface area contributed by atoms with E-state index in [1.807, 2.05) is 38.1 Å². The van der Waals surface area contributed by atoms with Crippen LogP contribution in [0.5, 0.6) is 5.75 Å². The van der Waals surface area contributed by atoms with Gasteiger partial charge in [-0.05, 0) is 56.4 Å². The number of aliphatic hydroxyl groups is 3. The predicted molar refractivity (Wildman–Crippen MR) is 125 cm³/mol. The Morgan fingerprint density at radius 1 is 1.27 bits per heavy atom. The molecule has 1 saturated heterocycles. The van der Waals surface area contributed by atoms with E-state index in [1.165, 1.54) is 12.1 Å². The van der Waals surface area contributed by atoms with Crippen molar-refractivity contribution in [1.82, 2.24) is 15.2 Å².